The summed E-state index contributed by atoms with van der Waals surface area (Å²) in [5.41, 5.74) is 2.45. The molecule has 3 nitrogen and oxygen atoms in total. The molecule has 0 saturated heterocycles. The van der Waals surface area contributed by atoms with Crippen molar-refractivity contribution in [3.8, 4) is 5.75 Å². The molecule has 1 aromatic carbocycles. The minimum absolute atomic E-state index is 0.309. The summed E-state index contributed by atoms with van der Waals surface area (Å²) in [5, 5.41) is 3.63. The highest BCUT2D eigenvalue weighted by molar-refractivity contribution is 5.39. The van der Waals surface area contributed by atoms with Crippen LogP contribution in [0.5, 0.6) is 5.75 Å². The van der Waals surface area contributed by atoms with Crippen LogP contribution >= 0.6 is 0 Å². The second-order valence-electron chi connectivity index (χ2n) is 5.16. The summed E-state index contributed by atoms with van der Waals surface area (Å²) in [6, 6.07) is 7.25. The fourth-order valence-corrected chi connectivity index (χ4v) is 2.51. The molecule has 0 radical (unpaired) electrons. The summed E-state index contributed by atoms with van der Waals surface area (Å²) < 4.78 is 10.8. The molecule has 0 spiro atoms. The van der Waals surface area contributed by atoms with Gasteiger partial charge < -0.3 is 14.8 Å². The SMILES string of the molecule is COc1cc(C)ccc1C(C)NC1CC(OC)C1. The third kappa shape index (κ3) is 2.85. The highest BCUT2D eigenvalue weighted by Gasteiger charge is 2.30. The van der Waals surface area contributed by atoms with Gasteiger partial charge in [0.1, 0.15) is 5.75 Å². The van der Waals surface area contributed by atoms with Crippen LogP contribution < -0.4 is 10.1 Å². The summed E-state index contributed by atoms with van der Waals surface area (Å²) in [7, 11) is 3.52. The lowest BCUT2D eigenvalue weighted by Gasteiger charge is -2.37. The number of hydrogen-bond donors (Lipinski definition) is 1. The van der Waals surface area contributed by atoms with Gasteiger partial charge in [-0.05, 0) is 38.3 Å². The molecule has 1 aromatic rings. The zero-order chi connectivity index (χ0) is 13.1. The molecule has 1 unspecified atom stereocenters. The van der Waals surface area contributed by atoms with Crippen molar-refractivity contribution in [1.29, 1.82) is 0 Å². The minimum atomic E-state index is 0.309. The van der Waals surface area contributed by atoms with Crippen LogP contribution in [0.1, 0.15) is 36.9 Å². The fourth-order valence-electron chi connectivity index (χ4n) is 2.51. The number of nitrogens with one attached hydrogen (secondary N) is 1. The Hall–Kier alpha value is -1.06. The van der Waals surface area contributed by atoms with Gasteiger partial charge in [-0.2, -0.15) is 0 Å². The third-order valence-corrected chi connectivity index (χ3v) is 3.77. The quantitative estimate of drug-likeness (QED) is 0.870. The molecule has 0 bridgehead atoms. The van der Waals surface area contributed by atoms with Crippen LogP contribution in [0.25, 0.3) is 0 Å². The van der Waals surface area contributed by atoms with Crippen molar-refractivity contribution in [3.63, 3.8) is 0 Å². The molecule has 3 heteroatoms. The molecule has 1 fully saturated rings. The Bertz CT molecular complexity index is 399. The van der Waals surface area contributed by atoms with Gasteiger partial charge in [-0.3, -0.25) is 0 Å². The number of ether oxygens (including phenoxy) is 2. The van der Waals surface area contributed by atoms with Gasteiger partial charge in [0, 0.05) is 24.8 Å². The van der Waals surface area contributed by atoms with Crippen molar-refractivity contribution < 1.29 is 9.47 Å². The fraction of sp³-hybridized carbons (Fsp3) is 0.600. The van der Waals surface area contributed by atoms with E-state index in [0.717, 1.165) is 18.6 Å². The molecule has 1 aliphatic carbocycles. The van der Waals surface area contributed by atoms with Gasteiger partial charge in [-0.1, -0.05) is 12.1 Å². The normalized spacial score (nSPS) is 24.4. The van der Waals surface area contributed by atoms with Gasteiger partial charge in [-0.25, -0.2) is 0 Å². The molecule has 2 rings (SSSR count). The van der Waals surface area contributed by atoms with E-state index in [9.17, 15) is 0 Å². The average molecular weight is 249 g/mol. The monoisotopic (exact) mass is 249 g/mol. The Kier molecular flexibility index (Phi) is 4.25. The Morgan fingerprint density at radius 1 is 1.28 bits per heavy atom. The van der Waals surface area contributed by atoms with Gasteiger partial charge in [0.2, 0.25) is 0 Å². The van der Waals surface area contributed by atoms with E-state index < -0.39 is 0 Å². The van der Waals surface area contributed by atoms with Crippen molar-refractivity contribution in [1.82, 2.24) is 5.32 Å². The lowest BCUT2D eigenvalue weighted by Crippen LogP contribution is -2.45. The highest BCUT2D eigenvalue weighted by atomic mass is 16.5. The van der Waals surface area contributed by atoms with Crippen LogP contribution in [-0.4, -0.2) is 26.4 Å². The zero-order valence-corrected chi connectivity index (χ0v) is 11.7. The molecule has 0 aromatic heterocycles. The van der Waals surface area contributed by atoms with Crippen molar-refractivity contribution in [3.05, 3.63) is 29.3 Å². The molecular formula is C15H23NO2. The first-order chi connectivity index (χ1) is 8.63. The van der Waals surface area contributed by atoms with E-state index in [1.54, 1.807) is 14.2 Å². The minimum Gasteiger partial charge on any atom is -0.496 e. The first kappa shape index (κ1) is 13.4. The second kappa shape index (κ2) is 5.72. The number of benzene rings is 1. The van der Waals surface area contributed by atoms with Crippen LogP contribution in [0.4, 0.5) is 0 Å². The maximum atomic E-state index is 5.46. The lowest BCUT2D eigenvalue weighted by atomic mass is 9.88. The topological polar surface area (TPSA) is 30.5 Å². The van der Waals surface area contributed by atoms with E-state index >= 15 is 0 Å². The number of rotatable bonds is 5. The molecular weight excluding hydrogens is 226 g/mol. The van der Waals surface area contributed by atoms with Crippen LogP contribution in [-0.2, 0) is 4.74 Å². The molecule has 1 N–H and O–H groups in total. The molecule has 1 saturated carbocycles. The number of hydrogen-bond acceptors (Lipinski definition) is 3. The van der Waals surface area contributed by atoms with E-state index in [0.29, 0.717) is 18.2 Å². The van der Waals surface area contributed by atoms with Gasteiger partial charge >= 0.3 is 0 Å². The van der Waals surface area contributed by atoms with Gasteiger partial charge in [0.15, 0.2) is 0 Å². The smallest absolute Gasteiger partial charge is 0.123 e. The van der Waals surface area contributed by atoms with E-state index in [1.807, 2.05) is 0 Å². The van der Waals surface area contributed by atoms with Crippen molar-refractivity contribution in [2.24, 2.45) is 0 Å². The van der Waals surface area contributed by atoms with E-state index in [-0.39, 0.29) is 0 Å². The first-order valence-corrected chi connectivity index (χ1v) is 6.57. The predicted octanol–water partition coefficient (Wildman–Crippen LogP) is 2.83. The number of aryl methyl sites for hydroxylation is 1. The van der Waals surface area contributed by atoms with Gasteiger partial charge in [0.25, 0.3) is 0 Å². The number of methoxy groups -OCH3 is 2. The first-order valence-electron chi connectivity index (χ1n) is 6.57. The molecule has 0 amide bonds. The molecule has 0 aliphatic heterocycles. The molecule has 100 valence electrons. The molecule has 1 aliphatic rings. The largest absolute Gasteiger partial charge is 0.496 e. The molecule has 0 heterocycles. The van der Waals surface area contributed by atoms with Crippen LogP contribution in [0, 0.1) is 6.92 Å². The van der Waals surface area contributed by atoms with Crippen LogP contribution in [0.2, 0.25) is 0 Å². The summed E-state index contributed by atoms with van der Waals surface area (Å²) >= 11 is 0. The zero-order valence-electron chi connectivity index (χ0n) is 11.7. The average Bonchev–Trinajstić information content (AvgIpc) is 2.32. The second-order valence-corrected chi connectivity index (χ2v) is 5.16. The Labute approximate surface area is 109 Å². The Balaban J connectivity index is 1.98. The summed E-state index contributed by atoms with van der Waals surface area (Å²) in [4.78, 5) is 0. The lowest BCUT2D eigenvalue weighted by molar-refractivity contribution is 0.0146. The van der Waals surface area contributed by atoms with E-state index in [2.05, 4.69) is 37.4 Å². The van der Waals surface area contributed by atoms with Crippen molar-refractivity contribution in [2.75, 3.05) is 14.2 Å². The van der Waals surface area contributed by atoms with Gasteiger partial charge in [0.05, 0.1) is 13.2 Å². The standard InChI is InChI=1S/C15H23NO2/c1-10-5-6-14(15(7-10)18-4)11(2)16-12-8-13(9-12)17-3/h5-7,11-13,16H,8-9H2,1-4H3. The molecule has 18 heavy (non-hydrogen) atoms. The van der Waals surface area contributed by atoms with Gasteiger partial charge in [-0.15, -0.1) is 0 Å². The van der Waals surface area contributed by atoms with Crippen LogP contribution in [0.15, 0.2) is 18.2 Å². The Morgan fingerprint density at radius 3 is 2.61 bits per heavy atom. The van der Waals surface area contributed by atoms with Crippen molar-refractivity contribution in [2.45, 2.75) is 44.9 Å². The summed E-state index contributed by atoms with van der Waals surface area (Å²) in [6.07, 6.45) is 2.65. The van der Waals surface area contributed by atoms with Crippen molar-refractivity contribution >= 4 is 0 Å². The predicted molar refractivity (Wildman–Crippen MR) is 73.1 cm³/mol. The molecule has 1 atom stereocenters. The Morgan fingerprint density at radius 2 is 2.00 bits per heavy atom. The van der Waals surface area contributed by atoms with E-state index in [4.69, 9.17) is 9.47 Å². The maximum Gasteiger partial charge on any atom is 0.123 e. The third-order valence-electron chi connectivity index (χ3n) is 3.77. The maximum absolute atomic E-state index is 5.46. The summed E-state index contributed by atoms with van der Waals surface area (Å²) in [5.74, 6) is 0.970. The summed E-state index contributed by atoms with van der Waals surface area (Å²) in [6.45, 7) is 4.27. The highest BCUT2D eigenvalue weighted by Crippen LogP contribution is 2.30. The van der Waals surface area contributed by atoms with Crippen LogP contribution in [0.3, 0.4) is 0 Å². The van der Waals surface area contributed by atoms with E-state index in [1.165, 1.54) is 11.1 Å².